The molecule has 0 saturated heterocycles. The molecular formula is C63H44N2O. The standard InChI is InChI=1S/C63H44N2O/c66-61(45-37-41-51(42-38-45)64-57-33-17-13-29-53(57)62(47-21-5-1-6-22-47,48-23-7-2-8-24-48)54-30-14-18-34-58(54)64)46-39-43-52(44-40-46)65-59-35-19-15-31-55(59)63(49-25-9-3-10-26-49,50-27-11-4-12-28-50)56-32-16-20-36-60(56)65/h1-44H. The Morgan fingerprint density at radius 2 is 0.485 bits per heavy atom. The molecule has 3 heteroatoms. The van der Waals surface area contributed by atoms with Crippen LogP contribution in [0.25, 0.3) is 0 Å². The summed E-state index contributed by atoms with van der Waals surface area (Å²) in [5.74, 6) is -0.0219. The minimum atomic E-state index is -0.542. The molecule has 0 amide bonds. The molecule has 2 aliphatic heterocycles. The van der Waals surface area contributed by atoms with Gasteiger partial charge in [-0.15, -0.1) is 0 Å². The second kappa shape index (κ2) is 15.9. The Morgan fingerprint density at radius 3 is 0.742 bits per heavy atom. The lowest BCUT2D eigenvalue weighted by atomic mass is 9.62. The molecule has 2 heterocycles. The Hall–Kier alpha value is -8.53. The lowest BCUT2D eigenvalue weighted by molar-refractivity contribution is 0.103. The Labute approximate surface area is 386 Å². The van der Waals surface area contributed by atoms with E-state index in [9.17, 15) is 4.79 Å². The Bertz CT molecular complexity index is 2960. The summed E-state index contributed by atoms with van der Waals surface area (Å²) in [7, 11) is 0. The van der Waals surface area contributed by atoms with Crippen molar-refractivity contribution >= 4 is 39.9 Å². The van der Waals surface area contributed by atoms with Gasteiger partial charge in [-0.1, -0.05) is 194 Å². The van der Waals surface area contributed by atoms with Crippen molar-refractivity contribution in [2.24, 2.45) is 0 Å². The van der Waals surface area contributed by atoms with Crippen LogP contribution in [-0.4, -0.2) is 5.78 Å². The number of nitrogens with zero attached hydrogens (tertiary/aromatic N) is 2. The Balaban J connectivity index is 0.905. The number of hydrogen-bond donors (Lipinski definition) is 0. The first-order valence-electron chi connectivity index (χ1n) is 22.6. The maximum atomic E-state index is 14.4. The van der Waals surface area contributed by atoms with E-state index < -0.39 is 10.8 Å². The normalized spacial score (nSPS) is 14.0. The Kier molecular flexibility index (Phi) is 9.43. The smallest absolute Gasteiger partial charge is 0.193 e. The summed E-state index contributed by atoms with van der Waals surface area (Å²) < 4.78 is 0. The van der Waals surface area contributed by atoms with Crippen LogP contribution in [0.15, 0.2) is 267 Å². The van der Waals surface area contributed by atoms with Crippen LogP contribution in [0.4, 0.5) is 34.1 Å². The molecule has 66 heavy (non-hydrogen) atoms. The van der Waals surface area contributed by atoms with Crippen LogP contribution in [-0.2, 0) is 10.8 Å². The second-order valence-corrected chi connectivity index (χ2v) is 17.1. The van der Waals surface area contributed by atoms with E-state index >= 15 is 0 Å². The number of anilines is 6. The Morgan fingerprint density at radius 1 is 0.258 bits per heavy atom. The summed E-state index contributed by atoms with van der Waals surface area (Å²) in [6.07, 6.45) is 0. The number of para-hydroxylation sites is 4. The zero-order valence-electron chi connectivity index (χ0n) is 36.2. The predicted octanol–water partition coefficient (Wildman–Crippen LogP) is 15.2. The minimum absolute atomic E-state index is 0.0219. The molecule has 0 bridgehead atoms. The van der Waals surface area contributed by atoms with Gasteiger partial charge in [0.1, 0.15) is 0 Å². The highest BCUT2D eigenvalue weighted by Gasteiger charge is 2.47. The molecule has 0 radical (unpaired) electrons. The first-order chi connectivity index (χ1) is 32.7. The molecule has 12 rings (SSSR count). The van der Waals surface area contributed by atoms with Gasteiger partial charge in [0.25, 0.3) is 0 Å². The number of hydrogen-bond acceptors (Lipinski definition) is 3. The zero-order valence-corrected chi connectivity index (χ0v) is 36.2. The van der Waals surface area contributed by atoms with Crippen molar-refractivity contribution in [1.82, 2.24) is 0 Å². The van der Waals surface area contributed by atoms with Gasteiger partial charge in [-0.2, -0.15) is 0 Å². The number of benzene rings is 10. The first kappa shape index (κ1) is 39.1. The maximum Gasteiger partial charge on any atom is 0.193 e. The van der Waals surface area contributed by atoms with Gasteiger partial charge in [-0.3, -0.25) is 4.79 Å². The van der Waals surface area contributed by atoms with Gasteiger partial charge in [0, 0.05) is 22.5 Å². The fourth-order valence-electron chi connectivity index (χ4n) is 11.1. The van der Waals surface area contributed by atoms with Gasteiger partial charge in [0.05, 0.1) is 33.6 Å². The van der Waals surface area contributed by atoms with Gasteiger partial charge in [0.2, 0.25) is 0 Å². The van der Waals surface area contributed by atoms with E-state index in [1.54, 1.807) is 0 Å². The highest BCUT2D eigenvalue weighted by molar-refractivity contribution is 6.09. The van der Waals surface area contributed by atoms with Crippen molar-refractivity contribution in [3.8, 4) is 0 Å². The third-order valence-electron chi connectivity index (χ3n) is 13.8. The SMILES string of the molecule is O=C(c1ccc(N2c3ccccc3C(c3ccccc3)(c3ccccc3)c3ccccc32)cc1)c1ccc(N2c3ccccc3C(c3ccccc3)(c3ccccc3)c3ccccc32)cc1. The van der Waals surface area contributed by atoms with Gasteiger partial charge >= 0.3 is 0 Å². The molecule has 3 nitrogen and oxygen atoms in total. The number of fused-ring (bicyclic) bond motifs is 4. The van der Waals surface area contributed by atoms with Crippen molar-refractivity contribution in [1.29, 1.82) is 0 Å². The predicted molar refractivity (Wildman–Crippen MR) is 269 cm³/mol. The zero-order chi connectivity index (χ0) is 44.1. The molecule has 0 spiro atoms. The van der Waals surface area contributed by atoms with Crippen LogP contribution in [0, 0.1) is 0 Å². The summed E-state index contributed by atoms with van der Waals surface area (Å²) in [6, 6.07) is 94.6. The lowest BCUT2D eigenvalue weighted by Gasteiger charge is -2.46. The number of carbonyl (C=O) groups is 1. The summed E-state index contributed by atoms with van der Waals surface area (Å²) in [6.45, 7) is 0. The third-order valence-corrected chi connectivity index (χ3v) is 13.8. The van der Waals surface area contributed by atoms with E-state index in [1.807, 2.05) is 24.3 Å². The molecule has 0 aromatic heterocycles. The molecular weight excluding hydrogens is 801 g/mol. The van der Waals surface area contributed by atoms with Crippen LogP contribution >= 0.6 is 0 Å². The van der Waals surface area contributed by atoms with Crippen LogP contribution < -0.4 is 9.80 Å². The minimum Gasteiger partial charge on any atom is -0.310 e. The van der Waals surface area contributed by atoms with Crippen molar-refractivity contribution < 1.29 is 4.79 Å². The average Bonchev–Trinajstić information content (AvgIpc) is 3.40. The summed E-state index contributed by atoms with van der Waals surface area (Å²) in [5, 5.41) is 0. The second-order valence-electron chi connectivity index (χ2n) is 17.1. The summed E-state index contributed by atoms with van der Waals surface area (Å²) in [4.78, 5) is 19.1. The average molecular weight is 845 g/mol. The number of ketones is 1. The monoisotopic (exact) mass is 844 g/mol. The van der Waals surface area contributed by atoms with Crippen molar-refractivity contribution in [2.75, 3.05) is 9.80 Å². The van der Waals surface area contributed by atoms with E-state index in [2.05, 4.69) is 252 Å². The van der Waals surface area contributed by atoms with Crippen LogP contribution in [0.5, 0.6) is 0 Å². The molecule has 0 atom stereocenters. The summed E-state index contributed by atoms with van der Waals surface area (Å²) in [5.41, 5.74) is 16.2. The first-order valence-corrected chi connectivity index (χ1v) is 22.6. The topological polar surface area (TPSA) is 23.6 Å². The number of carbonyl (C=O) groups excluding carboxylic acids is 1. The molecule has 0 unspecified atom stereocenters. The largest absolute Gasteiger partial charge is 0.310 e. The van der Waals surface area contributed by atoms with Crippen molar-refractivity contribution in [3.63, 3.8) is 0 Å². The highest BCUT2D eigenvalue weighted by Crippen LogP contribution is 2.59. The maximum absolute atomic E-state index is 14.4. The van der Waals surface area contributed by atoms with E-state index in [-0.39, 0.29) is 5.78 Å². The van der Waals surface area contributed by atoms with Crippen LogP contribution in [0.1, 0.15) is 60.4 Å². The van der Waals surface area contributed by atoms with Crippen LogP contribution in [0.3, 0.4) is 0 Å². The molecule has 312 valence electrons. The lowest BCUT2D eigenvalue weighted by Crippen LogP contribution is -2.37. The van der Waals surface area contributed by atoms with E-state index in [0.717, 1.165) is 34.1 Å². The van der Waals surface area contributed by atoms with E-state index in [1.165, 1.54) is 44.5 Å². The van der Waals surface area contributed by atoms with E-state index in [4.69, 9.17) is 0 Å². The molecule has 10 aromatic carbocycles. The molecule has 2 aliphatic rings. The van der Waals surface area contributed by atoms with Gasteiger partial charge in [0.15, 0.2) is 5.78 Å². The summed E-state index contributed by atoms with van der Waals surface area (Å²) >= 11 is 0. The van der Waals surface area contributed by atoms with Crippen molar-refractivity contribution in [2.45, 2.75) is 10.8 Å². The fraction of sp³-hybridized carbons (Fsp3) is 0.0317. The molecule has 0 aliphatic carbocycles. The molecule has 0 fully saturated rings. The van der Waals surface area contributed by atoms with Gasteiger partial charge in [-0.25, -0.2) is 0 Å². The molecule has 0 N–H and O–H groups in total. The number of rotatable bonds is 8. The highest BCUT2D eigenvalue weighted by atomic mass is 16.1. The van der Waals surface area contributed by atoms with Gasteiger partial charge in [-0.05, 0) is 117 Å². The molecule has 0 saturated carbocycles. The van der Waals surface area contributed by atoms with Gasteiger partial charge < -0.3 is 9.80 Å². The fourth-order valence-corrected chi connectivity index (χ4v) is 11.1. The quantitative estimate of drug-likeness (QED) is 0.142. The third kappa shape index (κ3) is 5.87. The van der Waals surface area contributed by atoms with Crippen LogP contribution in [0.2, 0.25) is 0 Å². The van der Waals surface area contributed by atoms with Crippen molar-refractivity contribution in [3.05, 3.63) is 323 Å². The van der Waals surface area contributed by atoms with E-state index in [0.29, 0.717) is 11.1 Å². The molecule has 10 aromatic rings.